The van der Waals surface area contributed by atoms with Crippen molar-refractivity contribution in [3.05, 3.63) is 40.7 Å². The highest BCUT2D eigenvalue weighted by atomic mass is 19.1. The summed E-state index contributed by atoms with van der Waals surface area (Å²) in [6, 6.07) is 4.09. The standard InChI is InChI=1S/C15H18FN3O2/c1-18-4-5-21-9-11(7-18)8-19-10-17-14-3-2-12(16)6-13(14)15(19)20/h2-3,6,10-11H,4-5,7-9H2,1H3/t11-/m0/s1. The maximum Gasteiger partial charge on any atom is 0.261 e. The summed E-state index contributed by atoms with van der Waals surface area (Å²) >= 11 is 0. The molecule has 112 valence electrons. The zero-order valence-corrected chi connectivity index (χ0v) is 12.0. The van der Waals surface area contributed by atoms with Crippen molar-refractivity contribution in [1.82, 2.24) is 14.5 Å². The Kier molecular flexibility index (Phi) is 3.98. The van der Waals surface area contributed by atoms with Crippen LogP contribution in [0.3, 0.4) is 0 Å². The van der Waals surface area contributed by atoms with Crippen molar-refractivity contribution in [3.8, 4) is 0 Å². The SMILES string of the molecule is CN1CCOC[C@H](Cn2cnc3ccc(F)cc3c2=O)C1. The minimum Gasteiger partial charge on any atom is -0.380 e. The fourth-order valence-electron chi connectivity index (χ4n) is 2.70. The molecule has 6 heteroatoms. The number of nitrogens with zero attached hydrogens (tertiary/aromatic N) is 3. The molecule has 1 aliphatic rings. The van der Waals surface area contributed by atoms with Gasteiger partial charge in [-0.2, -0.15) is 0 Å². The van der Waals surface area contributed by atoms with Crippen LogP contribution in [0, 0.1) is 11.7 Å². The molecule has 5 nitrogen and oxygen atoms in total. The lowest BCUT2D eigenvalue weighted by Gasteiger charge is -2.19. The number of hydrogen-bond acceptors (Lipinski definition) is 4. The van der Waals surface area contributed by atoms with Crippen LogP contribution in [-0.2, 0) is 11.3 Å². The zero-order chi connectivity index (χ0) is 14.8. The Labute approximate surface area is 122 Å². The summed E-state index contributed by atoms with van der Waals surface area (Å²) in [4.78, 5) is 18.8. The molecule has 0 aliphatic carbocycles. The number of likely N-dealkylation sites (N-methyl/N-ethyl adjacent to an activating group) is 1. The van der Waals surface area contributed by atoms with Crippen LogP contribution in [0.2, 0.25) is 0 Å². The Morgan fingerprint density at radius 1 is 1.48 bits per heavy atom. The summed E-state index contributed by atoms with van der Waals surface area (Å²) < 4.78 is 20.4. The molecule has 0 amide bonds. The number of ether oxygens (including phenoxy) is 1. The first-order valence-corrected chi connectivity index (χ1v) is 7.04. The highest BCUT2D eigenvalue weighted by molar-refractivity contribution is 5.77. The Hall–Kier alpha value is -1.79. The molecule has 2 heterocycles. The minimum atomic E-state index is -0.420. The first-order valence-electron chi connectivity index (χ1n) is 7.04. The van der Waals surface area contributed by atoms with Gasteiger partial charge in [-0.15, -0.1) is 0 Å². The molecule has 0 saturated carbocycles. The van der Waals surface area contributed by atoms with Crippen molar-refractivity contribution in [1.29, 1.82) is 0 Å². The van der Waals surface area contributed by atoms with Gasteiger partial charge in [-0.25, -0.2) is 9.37 Å². The van der Waals surface area contributed by atoms with E-state index in [1.54, 1.807) is 4.57 Å². The number of halogens is 1. The fourth-order valence-corrected chi connectivity index (χ4v) is 2.70. The van der Waals surface area contributed by atoms with E-state index in [-0.39, 0.29) is 11.5 Å². The summed E-state index contributed by atoms with van der Waals surface area (Å²) in [6.07, 6.45) is 1.54. The van der Waals surface area contributed by atoms with Crippen LogP contribution in [0.4, 0.5) is 4.39 Å². The van der Waals surface area contributed by atoms with Crippen LogP contribution >= 0.6 is 0 Å². The van der Waals surface area contributed by atoms with E-state index in [0.29, 0.717) is 30.7 Å². The van der Waals surface area contributed by atoms with Gasteiger partial charge >= 0.3 is 0 Å². The van der Waals surface area contributed by atoms with Crippen LogP contribution in [0.5, 0.6) is 0 Å². The normalized spacial score (nSPS) is 20.6. The first-order chi connectivity index (χ1) is 10.1. The minimum absolute atomic E-state index is 0.202. The second-order valence-corrected chi connectivity index (χ2v) is 5.57. The third-order valence-corrected chi connectivity index (χ3v) is 3.78. The number of hydrogen-bond donors (Lipinski definition) is 0. The predicted octanol–water partition coefficient (Wildman–Crippen LogP) is 1.11. The van der Waals surface area contributed by atoms with Crippen LogP contribution in [0.25, 0.3) is 10.9 Å². The molecule has 0 bridgehead atoms. The molecule has 0 radical (unpaired) electrons. The van der Waals surface area contributed by atoms with Crippen molar-refractivity contribution >= 4 is 10.9 Å². The molecular weight excluding hydrogens is 273 g/mol. The van der Waals surface area contributed by atoms with E-state index in [0.717, 1.165) is 13.1 Å². The maximum atomic E-state index is 13.3. The number of benzene rings is 1. The molecule has 1 saturated heterocycles. The summed E-state index contributed by atoms with van der Waals surface area (Å²) in [5, 5.41) is 0.320. The van der Waals surface area contributed by atoms with Crippen LogP contribution in [0.1, 0.15) is 0 Å². The van der Waals surface area contributed by atoms with Gasteiger partial charge in [-0.1, -0.05) is 0 Å². The smallest absolute Gasteiger partial charge is 0.261 e. The average Bonchev–Trinajstić information content (AvgIpc) is 2.67. The van der Waals surface area contributed by atoms with Crippen LogP contribution in [0.15, 0.2) is 29.3 Å². The summed E-state index contributed by atoms with van der Waals surface area (Å²) in [6.45, 7) is 3.63. The second-order valence-electron chi connectivity index (χ2n) is 5.57. The monoisotopic (exact) mass is 291 g/mol. The Bertz CT molecular complexity index is 701. The van der Waals surface area contributed by atoms with Gasteiger partial charge in [0, 0.05) is 25.6 Å². The van der Waals surface area contributed by atoms with Gasteiger partial charge in [0.25, 0.3) is 5.56 Å². The molecule has 1 aromatic heterocycles. The lowest BCUT2D eigenvalue weighted by atomic mass is 10.1. The highest BCUT2D eigenvalue weighted by Crippen LogP contribution is 2.11. The van der Waals surface area contributed by atoms with Crippen LogP contribution < -0.4 is 5.56 Å². The zero-order valence-electron chi connectivity index (χ0n) is 12.0. The maximum absolute atomic E-state index is 13.3. The Morgan fingerprint density at radius 3 is 3.19 bits per heavy atom. The van der Waals surface area contributed by atoms with Crippen molar-refractivity contribution in [2.45, 2.75) is 6.54 Å². The third kappa shape index (κ3) is 3.11. The van der Waals surface area contributed by atoms with Crippen molar-refractivity contribution in [2.75, 3.05) is 33.4 Å². The third-order valence-electron chi connectivity index (χ3n) is 3.78. The van der Waals surface area contributed by atoms with Gasteiger partial charge in [-0.3, -0.25) is 9.36 Å². The van der Waals surface area contributed by atoms with E-state index >= 15 is 0 Å². The highest BCUT2D eigenvalue weighted by Gasteiger charge is 2.17. The average molecular weight is 291 g/mol. The molecular formula is C15H18FN3O2. The molecule has 21 heavy (non-hydrogen) atoms. The molecule has 1 aromatic carbocycles. The molecule has 2 aromatic rings. The molecule has 0 spiro atoms. The van der Waals surface area contributed by atoms with E-state index < -0.39 is 5.82 Å². The van der Waals surface area contributed by atoms with E-state index in [1.807, 2.05) is 7.05 Å². The summed E-state index contributed by atoms with van der Waals surface area (Å²) in [5.74, 6) is -0.195. The van der Waals surface area contributed by atoms with Crippen molar-refractivity contribution in [3.63, 3.8) is 0 Å². The molecule has 1 atom stereocenters. The van der Waals surface area contributed by atoms with E-state index in [4.69, 9.17) is 4.74 Å². The lowest BCUT2D eigenvalue weighted by molar-refractivity contribution is 0.117. The van der Waals surface area contributed by atoms with Gasteiger partial charge < -0.3 is 9.64 Å². The molecule has 1 aliphatic heterocycles. The fraction of sp³-hybridized carbons (Fsp3) is 0.467. The molecule has 1 fully saturated rings. The van der Waals surface area contributed by atoms with Gasteiger partial charge in [0.15, 0.2) is 0 Å². The molecule has 0 N–H and O–H groups in total. The Balaban J connectivity index is 1.90. The first kappa shape index (κ1) is 14.2. The second kappa shape index (κ2) is 5.91. The molecule has 3 rings (SSSR count). The quantitative estimate of drug-likeness (QED) is 0.832. The number of rotatable bonds is 2. The van der Waals surface area contributed by atoms with E-state index in [1.165, 1.54) is 24.5 Å². The van der Waals surface area contributed by atoms with E-state index in [2.05, 4.69) is 9.88 Å². The van der Waals surface area contributed by atoms with Gasteiger partial charge in [-0.05, 0) is 25.2 Å². The van der Waals surface area contributed by atoms with Crippen LogP contribution in [-0.4, -0.2) is 47.8 Å². The van der Waals surface area contributed by atoms with Crippen molar-refractivity contribution in [2.24, 2.45) is 5.92 Å². The Morgan fingerprint density at radius 2 is 2.33 bits per heavy atom. The molecule has 0 unspecified atom stereocenters. The summed E-state index contributed by atoms with van der Waals surface area (Å²) in [5.41, 5.74) is 0.318. The predicted molar refractivity (Wildman–Crippen MR) is 77.8 cm³/mol. The topological polar surface area (TPSA) is 47.4 Å². The number of fused-ring (bicyclic) bond motifs is 1. The lowest BCUT2D eigenvalue weighted by Crippen LogP contribution is -2.32. The van der Waals surface area contributed by atoms with Gasteiger partial charge in [0.1, 0.15) is 5.82 Å². The van der Waals surface area contributed by atoms with Gasteiger partial charge in [0.05, 0.1) is 30.4 Å². The van der Waals surface area contributed by atoms with Gasteiger partial charge in [0.2, 0.25) is 0 Å². The van der Waals surface area contributed by atoms with Crippen molar-refractivity contribution < 1.29 is 9.13 Å². The van der Waals surface area contributed by atoms with E-state index in [9.17, 15) is 9.18 Å². The number of aromatic nitrogens is 2. The largest absolute Gasteiger partial charge is 0.380 e. The summed E-state index contributed by atoms with van der Waals surface area (Å²) in [7, 11) is 2.04.